The van der Waals surface area contributed by atoms with Crippen molar-refractivity contribution in [3.8, 4) is 0 Å². The van der Waals surface area contributed by atoms with Crippen LogP contribution in [0, 0.1) is 11.7 Å². The normalized spacial score (nSPS) is 29.0. The van der Waals surface area contributed by atoms with Crippen LogP contribution < -0.4 is 10.6 Å². The molecule has 5 heteroatoms. The molecular weight excluding hydrogens is 323 g/mol. The van der Waals surface area contributed by atoms with Gasteiger partial charge in [0, 0.05) is 10.5 Å². The average molecular weight is 341 g/mol. The Labute approximate surface area is 126 Å². The highest BCUT2D eigenvalue weighted by Gasteiger charge is 2.38. The molecular formula is C15H18BrFN2O. The average Bonchev–Trinajstić information content (AvgIpc) is 2.86. The van der Waals surface area contributed by atoms with E-state index in [1.807, 2.05) is 0 Å². The molecule has 3 nitrogen and oxygen atoms in total. The number of carbonyl (C=O) groups is 1. The molecule has 1 aliphatic carbocycles. The van der Waals surface area contributed by atoms with Crippen molar-refractivity contribution in [2.45, 2.75) is 44.2 Å². The molecule has 3 unspecified atom stereocenters. The lowest BCUT2D eigenvalue weighted by atomic mass is 9.85. The maximum atomic E-state index is 13.0. The first kappa shape index (κ1) is 14.0. The van der Waals surface area contributed by atoms with Gasteiger partial charge in [-0.15, -0.1) is 0 Å². The number of halogens is 2. The first-order valence-corrected chi connectivity index (χ1v) is 7.95. The number of nitrogens with one attached hydrogen (secondary N) is 2. The summed E-state index contributed by atoms with van der Waals surface area (Å²) in [4.78, 5) is 12.3. The third-order valence-corrected chi connectivity index (χ3v) is 5.02. The summed E-state index contributed by atoms with van der Waals surface area (Å²) < 4.78 is 13.6. The maximum Gasteiger partial charge on any atom is 0.241 e. The van der Waals surface area contributed by atoms with Crippen LogP contribution >= 0.6 is 15.9 Å². The topological polar surface area (TPSA) is 41.1 Å². The fraction of sp³-hybridized carbons (Fsp3) is 0.533. The van der Waals surface area contributed by atoms with Gasteiger partial charge < -0.3 is 10.6 Å². The van der Waals surface area contributed by atoms with Crippen molar-refractivity contribution in [2.24, 2.45) is 5.92 Å². The summed E-state index contributed by atoms with van der Waals surface area (Å²) in [6, 6.07) is 4.66. The Kier molecular flexibility index (Phi) is 4.08. The molecule has 1 heterocycles. The van der Waals surface area contributed by atoms with E-state index in [0.29, 0.717) is 22.1 Å². The predicted octanol–water partition coefficient (Wildman–Crippen LogP) is 3.45. The van der Waals surface area contributed by atoms with Crippen molar-refractivity contribution in [3.05, 3.63) is 28.5 Å². The van der Waals surface area contributed by atoms with Gasteiger partial charge in [0.25, 0.3) is 0 Å². The first-order valence-electron chi connectivity index (χ1n) is 7.15. The molecule has 1 saturated carbocycles. The van der Waals surface area contributed by atoms with Crippen LogP contribution in [0.2, 0.25) is 0 Å². The van der Waals surface area contributed by atoms with Gasteiger partial charge in [-0.3, -0.25) is 4.79 Å². The lowest BCUT2D eigenvalue weighted by Crippen LogP contribution is -2.39. The summed E-state index contributed by atoms with van der Waals surface area (Å²) in [6.07, 6.45) is 5.85. The molecule has 2 fully saturated rings. The molecule has 108 valence electrons. The molecule has 0 radical (unpaired) electrons. The summed E-state index contributed by atoms with van der Waals surface area (Å²) in [6.45, 7) is 0. The van der Waals surface area contributed by atoms with Gasteiger partial charge >= 0.3 is 0 Å². The second-order valence-corrected chi connectivity index (χ2v) is 6.57. The van der Waals surface area contributed by atoms with E-state index < -0.39 is 0 Å². The van der Waals surface area contributed by atoms with E-state index in [0.717, 1.165) is 6.42 Å². The Hall–Kier alpha value is -0.940. The highest BCUT2D eigenvalue weighted by molar-refractivity contribution is 9.10. The molecule has 1 saturated heterocycles. The van der Waals surface area contributed by atoms with E-state index in [9.17, 15) is 9.18 Å². The Morgan fingerprint density at radius 1 is 1.35 bits per heavy atom. The first-order chi connectivity index (χ1) is 9.63. The number of benzene rings is 1. The Morgan fingerprint density at radius 3 is 2.90 bits per heavy atom. The molecule has 1 aliphatic heterocycles. The van der Waals surface area contributed by atoms with Gasteiger partial charge in [0.2, 0.25) is 5.91 Å². The molecule has 0 aromatic heterocycles. The van der Waals surface area contributed by atoms with Crippen molar-refractivity contribution in [3.63, 3.8) is 0 Å². The van der Waals surface area contributed by atoms with Gasteiger partial charge in [-0.1, -0.05) is 12.8 Å². The molecule has 0 bridgehead atoms. The number of amides is 1. The minimum Gasteiger partial charge on any atom is -0.324 e. The third-order valence-electron chi connectivity index (χ3n) is 4.37. The smallest absolute Gasteiger partial charge is 0.241 e. The molecule has 2 aliphatic rings. The van der Waals surface area contributed by atoms with Gasteiger partial charge in [0.05, 0.1) is 11.7 Å². The number of rotatable bonds is 2. The number of carbonyl (C=O) groups excluding carboxylic acids is 1. The summed E-state index contributed by atoms with van der Waals surface area (Å²) in [5.74, 6) is 0.294. The second-order valence-electron chi connectivity index (χ2n) is 5.72. The van der Waals surface area contributed by atoms with Crippen LogP contribution in [0.15, 0.2) is 22.7 Å². The van der Waals surface area contributed by atoms with E-state index in [-0.39, 0.29) is 17.8 Å². The molecule has 3 atom stereocenters. The molecule has 1 amide bonds. The van der Waals surface area contributed by atoms with Crippen molar-refractivity contribution in [1.29, 1.82) is 0 Å². The van der Waals surface area contributed by atoms with Gasteiger partial charge in [-0.2, -0.15) is 0 Å². The molecule has 0 spiro atoms. The van der Waals surface area contributed by atoms with E-state index in [4.69, 9.17) is 0 Å². The zero-order chi connectivity index (χ0) is 14.1. The van der Waals surface area contributed by atoms with E-state index in [1.54, 1.807) is 6.07 Å². The van der Waals surface area contributed by atoms with Crippen LogP contribution in [0.4, 0.5) is 10.1 Å². The van der Waals surface area contributed by atoms with Gasteiger partial charge in [0.15, 0.2) is 0 Å². The molecule has 1 aromatic rings. The quantitative estimate of drug-likeness (QED) is 0.865. The van der Waals surface area contributed by atoms with Crippen LogP contribution in [0.25, 0.3) is 0 Å². The van der Waals surface area contributed by atoms with Crippen molar-refractivity contribution >= 4 is 27.5 Å². The molecule has 20 heavy (non-hydrogen) atoms. The summed E-state index contributed by atoms with van der Waals surface area (Å²) in [5, 5.41) is 6.32. The Balaban J connectivity index is 1.65. The fourth-order valence-electron chi connectivity index (χ4n) is 3.33. The van der Waals surface area contributed by atoms with Gasteiger partial charge in [0.1, 0.15) is 5.82 Å². The molecule has 3 rings (SSSR count). The minimum atomic E-state index is -0.320. The lowest BCUT2D eigenvalue weighted by molar-refractivity contribution is -0.117. The second kappa shape index (κ2) is 5.82. The van der Waals surface area contributed by atoms with Crippen molar-refractivity contribution in [1.82, 2.24) is 5.32 Å². The standard InChI is InChI=1S/C15H18BrFN2O/c16-11-8-10(17)5-6-13(11)19-15(20)14-7-9-3-1-2-4-12(9)18-14/h5-6,8-9,12,14,18H,1-4,7H2,(H,19,20). The van der Waals surface area contributed by atoms with E-state index in [2.05, 4.69) is 26.6 Å². The number of anilines is 1. The third kappa shape index (κ3) is 2.88. The Bertz CT molecular complexity index is 509. The highest BCUT2D eigenvalue weighted by Crippen LogP contribution is 2.33. The maximum absolute atomic E-state index is 13.0. The highest BCUT2D eigenvalue weighted by atomic mass is 79.9. The zero-order valence-electron chi connectivity index (χ0n) is 11.2. The monoisotopic (exact) mass is 340 g/mol. The molecule has 1 aromatic carbocycles. The van der Waals surface area contributed by atoms with Crippen LogP contribution in [0.3, 0.4) is 0 Å². The van der Waals surface area contributed by atoms with Gasteiger partial charge in [-0.25, -0.2) is 4.39 Å². The van der Waals surface area contributed by atoms with Crippen LogP contribution in [0.1, 0.15) is 32.1 Å². The predicted molar refractivity (Wildman–Crippen MR) is 80.0 cm³/mol. The van der Waals surface area contributed by atoms with Gasteiger partial charge in [-0.05, 0) is 59.3 Å². The lowest BCUT2D eigenvalue weighted by Gasteiger charge is -2.24. The number of fused-ring (bicyclic) bond motifs is 1. The fourth-order valence-corrected chi connectivity index (χ4v) is 3.78. The van der Waals surface area contributed by atoms with Crippen molar-refractivity contribution < 1.29 is 9.18 Å². The van der Waals surface area contributed by atoms with Crippen LogP contribution in [-0.2, 0) is 4.79 Å². The zero-order valence-corrected chi connectivity index (χ0v) is 12.7. The summed E-state index contributed by atoms with van der Waals surface area (Å²) in [5.41, 5.74) is 0.619. The van der Waals surface area contributed by atoms with Crippen molar-refractivity contribution in [2.75, 3.05) is 5.32 Å². The van der Waals surface area contributed by atoms with Crippen LogP contribution in [0.5, 0.6) is 0 Å². The SMILES string of the molecule is O=C(Nc1ccc(F)cc1Br)C1CC2CCCCC2N1. The number of hydrogen-bond donors (Lipinski definition) is 2. The van der Waals surface area contributed by atoms with E-state index >= 15 is 0 Å². The summed E-state index contributed by atoms with van der Waals surface area (Å²) in [7, 11) is 0. The Morgan fingerprint density at radius 2 is 2.15 bits per heavy atom. The number of hydrogen-bond acceptors (Lipinski definition) is 2. The minimum absolute atomic E-state index is 0.0216. The largest absolute Gasteiger partial charge is 0.324 e. The molecule has 2 N–H and O–H groups in total. The summed E-state index contributed by atoms with van der Waals surface area (Å²) >= 11 is 3.27. The van der Waals surface area contributed by atoms with Crippen LogP contribution in [-0.4, -0.2) is 18.0 Å². The van der Waals surface area contributed by atoms with E-state index in [1.165, 1.54) is 37.8 Å².